The molecular formula is C12H14N2O2. The summed E-state index contributed by atoms with van der Waals surface area (Å²) in [6.45, 7) is 0. The number of hydrogen-bond donors (Lipinski definition) is 0. The SMILES string of the molecule is [O-][n+]1onc2cc(C3CCCCC3)ccc21. The lowest BCUT2D eigenvalue weighted by Crippen LogP contribution is -2.22. The molecule has 1 saturated carbocycles. The fourth-order valence-electron chi connectivity index (χ4n) is 2.58. The van der Waals surface area contributed by atoms with Crippen molar-refractivity contribution in [3.05, 3.63) is 29.0 Å². The van der Waals surface area contributed by atoms with Gasteiger partial charge < -0.3 is 5.21 Å². The Balaban J connectivity index is 1.97. The van der Waals surface area contributed by atoms with E-state index in [0.29, 0.717) is 21.9 Å². The molecule has 1 aromatic heterocycles. The summed E-state index contributed by atoms with van der Waals surface area (Å²) in [6, 6.07) is 5.83. The highest BCUT2D eigenvalue weighted by Gasteiger charge is 2.18. The molecule has 0 aliphatic heterocycles. The molecule has 0 N–H and O–H groups in total. The van der Waals surface area contributed by atoms with Crippen molar-refractivity contribution in [1.82, 2.24) is 5.16 Å². The highest BCUT2D eigenvalue weighted by atomic mass is 16.8. The Labute approximate surface area is 93.4 Å². The van der Waals surface area contributed by atoms with E-state index in [2.05, 4.69) is 9.79 Å². The number of benzene rings is 1. The normalized spacial score (nSPS) is 18.0. The summed E-state index contributed by atoms with van der Waals surface area (Å²) >= 11 is 0. The highest BCUT2D eigenvalue weighted by Crippen LogP contribution is 2.33. The van der Waals surface area contributed by atoms with Crippen LogP contribution >= 0.6 is 0 Å². The molecule has 1 aliphatic carbocycles. The van der Waals surface area contributed by atoms with Crippen LogP contribution in [0.1, 0.15) is 43.6 Å². The van der Waals surface area contributed by atoms with E-state index in [1.165, 1.54) is 37.7 Å². The molecule has 4 nitrogen and oxygen atoms in total. The van der Waals surface area contributed by atoms with Crippen molar-refractivity contribution in [2.75, 3.05) is 0 Å². The predicted molar refractivity (Wildman–Crippen MR) is 58.8 cm³/mol. The maximum Gasteiger partial charge on any atom is 0.248 e. The molecule has 0 radical (unpaired) electrons. The van der Waals surface area contributed by atoms with Crippen LogP contribution in [0.5, 0.6) is 0 Å². The molecule has 16 heavy (non-hydrogen) atoms. The molecule has 0 amide bonds. The van der Waals surface area contributed by atoms with Crippen LogP contribution in [-0.2, 0) is 0 Å². The van der Waals surface area contributed by atoms with E-state index in [0.717, 1.165) is 0 Å². The summed E-state index contributed by atoms with van der Waals surface area (Å²) in [7, 11) is 0. The first-order chi connectivity index (χ1) is 7.84. The van der Waals surface area contributed by atoms with Gasteiger partial charge in [-0.1, -0.05) is 25.3 Å². The van der Waals surface area contributed by atoms with Gasteiger partial charge in [0.25, 0.3) is 0 Å². The van der Waals surface area contributed by atoms with Gasteiger partial charge in [0.2, 0.25) is 11.0 Å². The molecule has 0 saturated heterocycles. The van der Waals surface area contributed by atoms with E-state index < -0.39 is 0 Å². The zero-order chi connectivity index (χ0) is 11.0. The molecule has 2 aromatic rings. The lowest BCUT2D eigenvalue weighted by atomic mass is 9.84. The third-order valence-electron chi connectivity index (χ3n) is 3.49. The third-order valence-corrected chi connectivity index (χ3v) is 3.49. The predicted octanol–water partition coefficient (Wildman–Crippen LogP) is 2.51. The van der Waals surface area contributed by atoms with E-state index in [1.54, 1.807) is 0 Å². The molecule has 0 unspecified atom stereocenters. The first kappa shape index (κ1) is 9.63. The van der Waals surface area contributed by atoms with Crippen LogP contribution in [-0.4, -0.2) is 5.16 Å². The Bertz CT molecular complexity index is 501. The van der Waals surface area contributed by atoms with Crippen molar-refractivity contribution >= 4 is 11.0 Å². The molecule has 0 atom stereocenters. The monoisotopic (exact) mass is 218 g/mol. The van der Waals surface area contributed by atoms with Crippen LogP contribution in [0.25, 0.3) is 11.0 Å². The molecule has 84 valence electrons. The average Bonchev–Trinajstić information content (AvgIpc) is 2.72. The summed E-state index contributed by atoms with van der Waals surface area (Å²) in [6.07, 6.45) is 6.47. The van der Waals surface area contributed by atoms with E-state index in [9.17, 15) is 5.21 Å². The zero-order valence-corrected chi connectivity index (χ0v) is 9.06. The molecule has 0 bridgehead atoms. The van der Waals surface area contributed by atoms with Crippen LogP contribution in [0.3, 0.4) is 0 Å². The standard InChI is InChI=1S/C12H14N2O2/c15-14-12-7-6-10(8-11(12)13-16-14)9-4-2-1-3-5-9/h6-9H,1-5H2. The molecule has 1 heterocycles. The highest BCUT2D eigenvalue weighted by molar-refractivity contribution is 5.71. The summed E-state index contributed by atoms with van der Waals surface area (Å²) in [5.74, 6) is 0.634. The Morgan fingerprint density at radius 3 is 2.88 bits per heavy atom. The van der Waals surface area contributed by atoms with Gasteiger partial charge in [-0.3, -0.25) is 4.63 Å². The second kappa shape index (κ2) is 3.77. The van der Waals surface area contributed by atoms with E-state index in [4.69, 9.17) is 0 Å². The maximum atomic E-state index is 11.2. The number of hydrogen-bond acceptors (Lipinski definition) is 3. The van der Waals surface area contributed by atoms with Crippen molar-refractivity contribution in [3.8, 4) is 0 Å². The van der Waals surface area contributed by atoms with Crippen molar-refractivity contribution in [3.63, 3.8) is 0 Å². The van der Waals surface area contributed by atoms with E-state index >= 15 is 0 Å². The Morgan fingerprint density at radius 1 is 1.25 bits per heavy atom. The lowest BCUT2D eigenvalue weighted by Gasteiger charge is -2.21. The van der Waals surface area contributed by atoms with Gasteiger partial charge in [-0.15, -0.1) is 0 Å². The molecule has 1 fully saturated rings. The van der Waals surface area contributed by atoms with Crippen LogP contribution in [0, 0.1) is 5.21 Å². The number of rotatable bonds is 1. The Hall–Kier alpha value is -1.58. The molecule has 1 aromatic carbocycles. The largest absolute Gasteiger partial charge is 0.359 e. The molecule has 4 heteroatoms. The van der Waals surface area contributed by atoms with Gasteiger partial charge in [0, 0.05) is 5.16 Å². The number of aromatic nitrogens is 2. The molecule has 0 spiro atoms. The van der Waals surface area contributed by atoms with Gasteiger partial charge in [-0.25, -0.2) is 0 Å². The third kappa shape index (κ3) is 1.54. The first-order valence-electron chi connectivity index (χ1n) is 5.84. The minimum absolute atomic E-state index is 0.458. The van der Waals surface area contributed by atoms with Gasteiger partial charge in [0.15, 0.2) is 0 Å². The summed E-state index contributed by atoms with van der Waals surface area (Å²) < 4.78 is 4.57. The minimum atomic E-state index is 0.458. The van der Waals surface area contributed by atoms with Gasteiger partial charge >= 0.3 is 0 Å². The van der Waals surface area contributed by atoms with Crippen LogP contribution in [0.4, 0.5) is 0 Å². The zero-order valence-electron chi connectivity index (χ0n) is 9.06. The summed E-state index contributed by atoms with van der Waals surface area (Å²) in [4.78, 5) is 0.458. The number of nitrogens with zero attached hydrogens (tertiary/aromatic N) is 2. The Morgan fingerprint density at radius 2 is 2.06 bits per heavy atom. The van der Waals surface area contributed by atoms with Crippen LogP contribution in [0.2, 0.25) is 0 Å². The second-order valence-corrected chi connectivity index (χ2v) is 4.51. The van der Waals surface area contributed by atoms with Gasteiger partial charge in [-0.05, 0) is 41.4 Å². The average molecular weight is 218 g/mol. The second-order valence-electron chi connectivity index (χ2n) is 4.51. The maximum absolute atomic E-state index is 11.2. The first-order valence-corrected chi connectivity index (χ1v) is 5.84. The Kier molecular flexibility index (Phi) is 2.27. The van der Waals surface area contributed by atoms with Crippen LogP contribution in [0.15, 0.2) is 22.8 Å². The fraction of sp³-hybridized carbons (Fsp3) is 0.500. The van der Waals surface area contributed by atoms with E-state index in [1.807, 2.05) is 18.2 Å². The van der Waals surface area contributed by atoms with Crippen LogP contribution < -0.4 is 4.90 Å². The van der Waals surface area contributed by atoms with Crippen molar-refractivity contribution in [1.29, 1.82) is 0 Å². The minimum Gasteiger partial charge on any atom is -0.359 e. The van der Waals surface area contributed by atoms with Crippen molar-refractivity contribution < 1.29 is 9.53 Å². The van der Waals surface area contributed by atoms with Crippen molar-refractivity contribution in [2.45, 2.75) is 38.0 Å². The fourth-order valence-corrected chi connectivity index (χ4v) is 2.58. The molecule has 1 aliphatic rings. The van der Waals surface area contributed by atoms with E-state index in [-0.39, 0.29) is 0 Å². The van der Waals surface area contributed by atoms with Gasteiger partial charge in [-0.2, -0.15) is 0 Å². The molecule has 3 rings (SSSR count). The molecular weight excluding hydrogens is 204 g/mol. The quantitative estimate of drug-likeness (QED) is 0.691. The lowest BCUT2D eigenvalue weighted by molar-refractivity contribution is -0.782. The number of fused-ring (bicyclic) bond motifs is 1. The van der Waals surface area contributed by atoms with Gasteiger partial charge in [0.05, 0.1) is 0 Å². The summed E-state index contributed by atoms with van der Waals surface area (Å²) in [5, 5.41) is 14.9. The topological polar surface area (TPSA) is 53.0 Å². The van der Waals surface area contributed by atoms with Gasteiger partial charge in [0.1, 0.15) is 0 Å². The smallest absolute Gasteiger partial charge is 0.248 e. The summed E-state index contributed by atoms with van der Waals surface area (Å²) in [5.41, 5.74) is 2.47. The van der Waals surface area contributed by atoms with Crippen molar-refractivity contribution in [2.24, 2.45) is 0 Å².